The van der Waals surface area contributed by atoms with Gasteiger partial charge < -0.3 is 14.8 Å². The quantitative estimate of drug-likeness (QED) is 0.745. The number of hydrogen-bond acceptors (Lipinski definition) is 5. The summed E-state index contributed by atoms with van der Waals surface area (Å²) in [7, 11) is 0. The van der Waals surface area contributed by atoms with E-state index in [9.17, 15) is 9.90 Å². The number of amides is 1. The van der Waals surface area contributed by atoms with E-state index in [0.29, 0.717) is 16.5 Å². The van der Waals surface area contributed by atoms with Crippen molar-refractivity contribution in [3.8, 4) is 5.69 Å². The monoisotopic (exact) mass is 332 g/mol. The predicted molar refractivity (Wildman–Crippen MR) is 82.4 cm³/mol. The Morgan fingerprint density at radius 3 is 2.91 bits per heavy atom. The van der Waals surface area contributed by atoms with Crippen molar-refractivity contribution in [2.24, 2.45) is 0 Å². The average molecular weight is 333 g/mol. The van der Waals surface area contributed by atoms with Gasteiger partial charge in [-0.15, -0.1) is 5.10 Å². The number of para-hydroxylation sites is 1. The molecule has 3 aromatic rings. The highest BCUT2D eigenvalue weighted by molar-refractivity contribution is 6.32. The van der Waals surface area contributed by atoms with Crippen molar-refractivity contribution < 1.29 is 14.3 Å². The van der Waals surface area contributed by atoms with Gasteiger partial charge in [0.05, 0.1) is 29.7 Å². The molecule has 1 amide bonds. The standard InChI is InChI=1S/C15H13ClN4O3/c16-10-4-1-2-5-12(10)20-9-11(18-19-20)15(22)17-8-13(21)14-6-3-7-23-14/h1-7,9,13,21H,8H2,(H,17,22). The fourth-order valence-electron chi connectivity index (χ4n) is 1.98. The molecule has 0 aliphatic heterocycles. The summed E-state index contributed by atoms with van der Waals surface area (Å²) in [5.41, 5.74) is 0.743. The number of halogens is 1. The van der Waals surface area contributed by atoms with E-state index >= 15 is 0 Å². The minimum atomic E-state index is -0.924. The molecule has 8 heteroatoms. The second-order valence-electron chi connectivity index (χ2n) is 4.74. The van der Waals surface area contributed by atoms with Crippen LogP contribution in [0.25, 0.3) is 5.69 Å². The number of carbonyl (C=O) groups excluding carboxylic acids is 1. The van der Waals surface area contributed by atoms with E-state index in [1.54, 1.807) is 30.3 Å². The minimum absolute atomic E-state index is 0.00526. The maximum atomic E-state index is 12.0. The van der Waals surface area contributed by atoms with Crippen LogP contribution in [0.15, 0.2) is 53.3 Å². The number of nitrogens with one attached hydrogen (secondary N) is 1. The predicted octanol–water partition coefficient (Wildman–Crippen LogP) is 1.98. The number of rotatable bonds is 5. The van der Waals surface area contributed by atoms with E-state index < -0.39 is 12.0 Å². The lowest BCUT2D eigenvalue weighted by Crippen LogP contribution is -2.28. The summed E-state index contributed by atoms with van der Waals surface area (Å²) in [6.07, 6.45) is 2.00. The maximum Gasteiger partial charge on any atom is 0.273 e. The molecule has 1 unspecified atom stereocenters. The second kappa shape index (κ2) is 6.64. The fraction of sp³-hybridized carbons (Fsp3) is 0.133. The third kappa shape index (κ3) is 3.41. The van der Waals surface area contributed by atoms with Crippen molar-refractivity contribution in [3.05, 3.63) is 65.3 Å². The molecule has 7 nitrogen and oxygen atoms in total. The lowest BCUT2D eigenvalue weighted by atomic mass is 10.2. The van der Waals surface area contributed by atoms with Crippen LogP contribution in [0.1, 0.15) is 22.4 Å². The fourth-order valence-corrected chi connectivity index (χ4v) is 2.21. The van der Waals surface area contributed by atoms with Crippen LogP contribution < -0.4 is 5.32 Å². The van der Waals surface area contributed by atoms with Crippen molar-refractivity contribution in [1.82, 2.24) is 20.3 Å². The third-order valence-electron chi connectivity index (χ3n) is 3.15. The van der Waals surface area contributed by atoms with Crippen LogP contribution in [0, 0.1) is 0 Å². The zero-order valence-corrected chi connectivity index (χ0v) is 12.6. The van der Waals surface area contributed by atoms with Gasteiger partial charge in [-0.05, 0) is 24.3 Å². The zero-order chi connectivity index (χ0) is 16.2. The first-order chi connectivity index (χ1) is 11.1. The summed E-state index contributed by atoms with van der Waals surface area (Å²) in [6, 6.07) is 10.4. The van der Waals surface area contributed by atoms with Gasteiger partial charge in [0.2, 0.25) is 0 Å². The molecule has 0 radical (unpaired) electrons. The summed E-state index contributed by atoms with van der Waals surface area (Å²) in [5.74, 6) is -0.0704. The van der Waals surface area contributed by atoms with E-state index in [4.69, 9.17) is 16.0 Å². The largest absolute Gasteiger partial charge is 0.467 e. The lowest BCUT2D eigenvalue weighted by Gasteiger charge is -2.08. The summed E-state index contributed by atoms with van der Waals surface area (Å²) in [4.78, 5) is 12.0. The zero-order valence-electron chi connectivity index (χ0n) is 11.9. The Kier molecular flexibility index (Phi) is 4.40. The van der Waals surface area contributed by atoms with Crippen molar-refractivity contribution in [2.75, 3.05) is 6.54 Å². The third-order valence-corrected chi connectivity index (χ3v) is 3.47. The molecule has 0 spiro atoms. The Balaban J connectivity index is 1.66. The van der Waals surface area contributed by atoms with Crippen LogP contribution in [0.4, 0.5) is 0 Å². The summed E-state index contributed by atoms with van der Waals surface area (Å²) >= 11 is 6.07. The van der Waals surface area contributed by atoms with Crippen LogP contribution in [-0.2, 0) is 0 Å². The second-order valence-corrected chi connectivity index (χ2v) is 5.15. The summed E-state index contributed by atoms with van der Waals surface area (Å²) in [5, 5.41) is 20.6. The Morgan fingerprint density at radius 1 is 1.35 bits per heavy atom. The van der Waals surface area contributed by atoms with Gasteiger partial charge in [-0.25, -0.2) is 4.68 Å². The number of benzene rings is 1. The summed E-state index contributed by atoms with van der Waals surface area (Å²) in [6.45, 7) is 0.00526. The van der Waals surface area contributed by atoms with Gasteiger partial charge in [-0.3, -0.25) is 4.79 Å². The number of carbonyl (C=O) groups is 1. The highest BCUT2D eigenvalue weighted by Crippen LogP contribution is 2.18. The normalized spacial score (nSPS) is 12.1. The van der Waals surface area contributed by atoms with Gasteiger partial charge in [0.15, 0.2) is 5.69 Å². The van der Waals surface area contributed by atoms with Gasteiger partial charge in [0.25, 0.3) is 5.91 Å². The van der Waals surface area contributed by atoms with Crippen molar-refractivity contribution in [3.63, 3.8) is 0 Å². The molecule has 0 fully saturated rings. The molecule has 23 heavy (non-hydrogen) atoms. The molecule has 0 aliphatic carbocycles. The molecule has 3 rings (SSSR count). The van der Waals surface area contributed by atoms with Crippen molar-refractivity contribution >= 4 is 17.5 Å². The number of furan rings is 1. The molecule has 0 bridgehead atoms. The molecule has 2 aromatic heterocycles. The highest BCUT2D eigenvalue weighted by Gasteiger charge is 2.16. The van der Waals surface area contributed by atoms with Crippen molar-refractivity contribution in [1.29, 1.82) is 0 Å². The summed E-state index contributed by atoms with van der Waals surface area (Å²) < 4.78 is 6.48. The van der Waals surface area contributed by atoms with Crippen LogP contribution in [-0.4, -0.2) is 32.6 Å². The molecule has 0 aliphatic rings. The van der Waals surface area contributed by atoms with E-state index in [1.807, 2.05) is 6.07 Å². The number of aliphatic hydroxyl groups is 1. The minimum Gasteiger partial charge on any atom is -0.467 e. The average Bonchev–Trinajstić information content (AvgIpc) is 3.24. The topological polar surface area (TPSA) is 93.2 Å². The maximum absolute atomic E-state index is 12.0. The van der Waals surface area contributed by atoms with Crippen LogP contribution >= 0.6 is 11.6 Å². The highest BCUT2D eigenvalue weighted by atomic mass is 35.5. The molecule has 0 saturated carbocycles. The Hall–Kier alpha value is -2.64. The molecule has 1 aromatic carbocycles. The van der Waals surface area contributed by atoms with Crippen molar-refractivity contribution in [2.45, 2.75) is 6.10 Å². The molecule has 2 N–H and O–H groups in total. The van der Waals surface area contributed by atoms with E-state index in [2.05, 4.69) is 15.6 Å². The van der Waals surface area contributed by atoms with E-state index in [1.165, 1.54) is 17.1 Å². The van der Waals surface area contributed by atoms with Gasteiger partial charge in [-0.2, -0.15) is 0 Å². The van der Waals surface area contributed by atoms with E-state index in [0.717, 1.165) is 0 Å². The molecule has 0 saturated heterocycles. The Bertz CT molecular complexity index is 801. The van der Waals surface area contributed by atoms with Crippen LogP contribution in [0.2, 0.25) is 5.02 Å². The first kappa shape index (κ1) is 15.3. The Labute approximate surface area is 136 Å². The molecular weight excluding hydrogens is 320 g/mol. The number of aliphatic hydroxyl groups excluding tert-OH is 1. The van der Waals surface area contributed by atoms with Gasteiger partial charge in [0, 0.05) is 0 Å². The van der Waals surface area contributed by atoms with Crippen LogP contribution in [0.5, 0.6) is 0 Å². The van der Waals surface area contributed by atoms with Gasteiger partial charge in [-0.1, -0.05) is 28.9 Å². The van der Waals surface area contributed by atoms with Gasteiger partial charge in [0.1, 0.15) is 11.9 Å². The first-order valence-corrected chi connectivity index (χ1v) is 7.20. The Morgan fingerprint density at radius 2 is 2.17 bits per heavy atom. The number of aromatic nitrogens is 3. The molecule has 118 valence electrons. The number of nitrogens with zero attached hydrogens (tertiary/aromatic N) is 3. The first-order valence-electron chi connectivity index (χ1n) is 6.82. The SMILES string of the molecule is O=C(NCC(O)c1ccco1)c1cn(-c2ccccc2Cl)nn1. The van der Waals surface area contributed by atoms with E-state index in [-0.39, 0.29) is 12.2 Å². The molecule has 2 heterocycles. The molecular formula is C15H13ClN4O3. The smallest absolute Gasteiger partial charge is 0.273 e. The molecule has 1 atom stereocenters. The number of hydrogen-bond donors (Lipinski definition) is 2. The van der Waals surface area contributed by atoms with Gasteiger partial charge >= 0.3 is 0 Å². The lowest BCUT2D eigenvalue weighted by molar-refractivity contribution is 0.0896. The van der Waals surface area contributed by atoms with Crippen LogP contribution in [0.3, 0.4) is 0 Å².